The lowest BCUT2D eigenvalue weighted by molar-refractivity contribution is -0.117. The van der Waals surface area contributed by atoms with E-state index in [-0.39, 0.29) is 17.7 Å². The molecule has 1 aliphatic carbocycles. The van der Waals surface area contributed by atoms with Gasteiger partial charge in [-0.15, -0.1) is 5.10 Å². The Morgan fingerprint density at radius 1 is 1.22 bits per heavy atom. The van der Waals surface area contributed by atoms with E-state index in [0.29, 0.717) is 16.9 Å². The summed E-state index contributed by atoms with van der Waals surface area (Å²) in [6.45, 7) is 4.16. The normalized spacial score (nSPS) is 19.5. The van der Waals surface area contributed by atoms with Crippen LogP contribution < -0.4 is 10.6 Å². The number of aromatic amines is 1. The van der Waals surface area contributed by atoms with Gasteiger partial charge in [-0.05, 0) is 25.7 Å². The van der Waals surface area contributed by atoms with Crippen LogP contribution in [0, 0.1) is 12.8 Å². The number of carbonyl (C=O) groups excluding carboxylic acids is 2. The minimum absolute atomic E-state index is 0.0822. The zero-order valence-corrected chi connectivity index (χ0v) is 16.4. The average molecular weight is 388 g/mol. The van der Waals surface area contributed by atoms with Crippen molar-refractivity contribution < 1.29 is 9.59 Å². The molecule has 27 heavy (non-hydrogen) atoms. The van der Waals surface area contributed by atoms with E-state index >= 15 is 0 Å². The predicted molar refractivity (Wildman–Crippen MR) is 105 cm³/mol. The summed E-state index contributed by atoms with van der Waals surface area (Å²) < 4.78 is 0. The minimum atomic E-state index is -0.422. The van der Waals surface area contributed by atoms with Crippen LogP contribution in [0.2, 0.25) is 0 Å². The van der Waals surface area contributed by atoms with Crippen molar-refractivity contribution in [3.8, 4) is 11.4 Å². The largest absolute Gasteiger partial charge is 0.335 e. The summed E-state index contributed by atoms with van der Waals surface area (Å²) in [5.41, 5.74) is 2.11. The highest BCUT2D eigenvalue weighted by Gasteiger charge is 2.23. The molecule has 0 spiro atoms. The quantitative estimate of drug-likeness (QED) is 0.684. The Kier molecular flexibility index (Phi) is 6.49. The lowest BCUT2D eigenvalue weighted by Crippen LogP contribution is -2.48. The van der Waals surface area contributed by atoms with Gasteiger partial charge >= 0.3 is 6.03 Å². The van der Waals surface area contributed by atoms with Crippen molar-refractivity contribution in [2.24, 2.45) is 5.92 Å². The Labute approximate surface area is 163 Å². The van der Waals surface area contributed by atoms with E-state index in [1.807, 2.05) is 31.2 Å². The number of urea groups is 1. The van der Waals surface area contributed by atoms with E-state index in [2.05, 4.69) is 32.7 Å². The number of nitrogens with zero attached hydrogens (tertiary/aromatic N) is 2. The van der Waals surface area contributed by atoms with Crippen molar-refractivity contribution in [2.75, 3.05) is 5.75 Å². The molecule has 144 valence electrons. The molecule has 1 saturated carbocycles. The summed E-state index contributed by atoms with van der Waals surface area (Å²) in [7, 11) is 0. The zero-order chi connectivity index (χ0) is 19.2. The number of hydrogen-bond donors (Lipinski definition) is 3. The fourth-order valence-corrected chi connectivity index (χ4v) is 3.78. The minimum Gasteiger partial charge on any atom is -0.335 e. The van der Waals surface area contributed by atoms with Crippen LogP contribution in [-0.2, 0) is 4.79 Å². The van der Waals surface area contributed by atoms with Crippen LogP contribution in [0.3, 0.4) is 0 Å². The number of H-pyrrole nitrogens is 1. The predicted octanol–water partition coefficient (Wildman–Crippen LogP) is 3.28. The molecule has 3 N–H and O–H groups in total. The molecule has 3 rings (SSSR count). The molecule has 0 aliphatic heterocycles. The first-order chi connectivity index (χ1) is 13.0. The van der Waals surface area contributed by atoms with Crippen molar-refractivity contribution in [3.05, 3.63) is 29.8 Å². The van der Waals surface area contributed by atoms with Gasteiger partial charge in [0.2, 0.25) is 11.1 Å². The molecular formula is C19H25N5O2S. The van der Waals surface area contributed by atoms with Crippen LogP contribution in [0.15, 0.2) is 29.4 Å². The highest BCUT2D eigenvalue weighted by atomic mass is 32.2. The summed E-state index contributed by atoms with van der Waals surface area (Å²) >= 11 is 1.19. The zero-order valence-electron chi connectivity index (χ0n) is 15.6. The maximum Gasteiger partial charge on any atom is 0.321 e. The van der Waals surface area contributed by atoms with E-state index in [0.717, 1.165) is 24.8 Å². The molecular weight excluding hydrogens is 362 g/mol. The van der Waals surface area contributed by atoms with E-state index < -0.39 is 6.03 Å². The number of carbonyl (C=O) groups is 2. The third-order valence-electron chi connectivity index (χ3n) is 4.80. The average Bonchev–Trinajstić information content (AvgIpc) is 3.11. The van der Waals surface area contributed by atoms with Crippen molar-refractivity contribution in [1.82, 2.24) is 25.8 Å². The van der Waals surface area contributed by atoms with Crippen molar-refractivity contribution >= 4 is 23.7 Å². The van der Waals surface area contributed by atoms with Crippen LogP contribution >= 0.6 is 11.8 Å². The number of rotatable bonds is 5. The van der Waals surface area contributed by atoms with Crippen LogP contribution in [0.4, 0.5) is 4.79 Å². The van der Waals surface area contributed by atoms with Gasteiger partial charge in [0.15, 0.2) is 5.82 Å². The lowest BCUT2D eigenvalue weighted by Gasteiger charge is -2.29. The summed E-state index contributed by atoms with van der Waals surface area (Å²) in [4.78, 5) is 28.4. The van der Waals surface area contributed by atoms with E-state index in [1.165, 1.54) is 23.7 Å². The first-order valence-corrected chi connectivity index (χ1v) is 10.2. The molecule has 3 amide bonds. The number of aromatic nitrogens is 3. The lowest BCUT2D eigenvalue weighted by atomic mass is 9.86. The molecule has 7 nitrogen and oxygen atoms in total. The molecule has 1 aromatic heterocycles. The van der Waals surface area contributed by atoms with E-state index in [1.54, 1.807) is 0 Å². The second-order valence-corrected chi connectivity index (χ2v) is 7.95. The fraction of sp³-hybridized carbons (Fsp3) is 0.474. The number of thioether (sulfide) groups is 1. The van der Waals surface area contributed by atoms with Gasteiger partial charge in [-0.2, -0.15) is 0 Å². The van der Waals surface area contributed by atoms with E-state index in [9.17, 15) is 9.59 Å². The Hall–Kier alpha value is -2.35. The highest BCUT2D eigenvalue weighted by Crippen LogP contribution is 2.23. The Morgan fingerprint density at radius 2 is 1.96 bits per heavy atom. The van der Waals surface area contributed by atoms with Gasteiger partial charge in [0.25, 0.3) is 0 Å². The van der Waals surface area contributed by atoms with Gasteiger partial charge in [0.05, 0.1) is 5.75 Å². The monoisotopic (exact) mass is 387 g/mol. The summed E-state index contributed by atoms with van der Waals surface area (Å²) in [5, 5.41) is 12.8. The van der Waals surface area contributed by atoms with Gasteiger partial charge in [-0.25, -0.2) is 9.78 Å². The van der Waals surface area contributed by atoms with Crippen LogP contribution in [0.1, 0.15) is 38.2 Å². The number of hydrogen-bond acceptors (Lipinski definition) is 5. The van der Waals surface area contributed by atoms with Crippen molar-refractivity contribution in [2.45, 2.75) is 50.7 Å². The van der Waals surface area contributed by atoms with Gasteiger partial charge in [-0.3, -0.25) is 15.2 Å². The Balaban J connectivity index is 1.45. The number of nitrogens with one attached hydrogen (secondary N) is 3. The molecule has 1 aromatic carbocycles. The maximum absolute atomic E-state index is 12.0. The van der Waals surface area contributed by atoms with Crippen molar-refractivity contribution in [1.29, 1.82) is 0 Å². The molecule has 2 aromatic rings. The maximum atomic E-state index is 12.0. The van der Waals surface area contributed by atoms with Crippen LogP contribution in [0.25, 0.3) is 11.4 Å². The number of amides is 3. The van der Waals surface area contributed by atoms with Gasteiger partial charge < -0.3 is 5.32 Å². The molecule has 2 atom stereocenters. The molecule has 0 unspecified atom stereocenters. The number of benzene rings is 1. The number of imide groups is 1. The SMILES string of the molecule is Cc1ccc(-c2nc(SCC(=O)NC(=O)N[C@@H]3CCCC[C@@H]3C)n[nH]2)cc1. The molecule has 8 heteroatoms. The molecule has 0 bridgehead atoms. The van der Waals surface area contributed by atoms with Gasteiger partial charge in [0.1, 0.15) is 0 Å². The molecule has 1 heterocycles. The second-order valence-electron chi connectivity index (χ2n) is 7.01. The summed E-state index contributed by atoms with van der Waals surface area (Å²) in [5.74, 6) is 0.825. The Bertz CT molecular complexity index is 790. The topological polar surface area (TPSA) is 99.8 Å². The summed E-state index contributed by atoms with van der Waals surface area (Å²) in [6, 6.07) is 7.66. The van der Waals surface area contributed by atoms with Crippen LogP contribution in [-0.4, -0.2) is 38.9 Å². The highest BCUT2D eigenvalue weighted by molar-refractivity contribution is 7.99. The second kappa shape index (κ2) is 9.03. The summed E-state index contributed by atoms with van der Waals surface area (Å²) in [6.07, 6.45) is 4.41. The molecule has 1 aliphatic rings. The smallest absolute Gasteiger partial charge is 0.321 e. The molecule has 1 fully saturated rings. The standard InChI is InChI=1S/C19H25N5O2S/c1-12-7-9-14(10-8-12)17-22-19(24-23-17)27-11-16(25)21-18(26)20-15-6-4-3-5-13(15)2/h7-10,13,15H,3-6,11H2,1-2H3,(H,22,23,24)(H2,20,21,25,26)/t13-,15+/m0/s1. The third kappa shape index (κ3) is 5.56. The fourth-order valence-electron chi connectivity index (χ4n) is 3.18. The van der Waals surface area contributed by atoms with Gasteiger partial charge in [0, 0.05) is 11.6 Å². The molecule has 0 radical (unpaired) electrons. The van der Waals surface area contributed by atoms with Crippen molar-refractivity contribution in [3.63, 3.8) is 0 Å². The third-order valence-corrected chi connectivity index (χ3v) is 5.65. The van der Waals surface area contributed by atoms with Gasteiger partial charge in [-0.1, -0.05) is 61.4 Å². The Morgan fingerprint density at radius 3 is 2.70 bits per heavy atom. The first-order valence-electron chi connectivity index (χ1n) is 9.24. The number of aryl methyl sites for hydroxylation is 1. The van der Waals surface area contributed by atoms with E-state index in [4.69, 9.17) is 0 Å². The van der Waals surface area contributed by atoms with Crippen LogP contribution in [0.5, 0.6) is 0 Å². The molecule has 0 saturated heterocycles. The first kappa shape index (κ1) is 19.4.